The molecule has 2 rings (SSSR count). The van der Waals surface area contributed by atoms with Gasteiger partial charge in [-0.3, -0.25) is 0 Å². The Hall–Kier alpha value is -1.51. The van der Waals surface area contributed by atoms with Crippen molar-refractivity contribution in [1.82, 2.24) is 0 Å². The molecule has 0 unspecified atom stereocenters. The Morgan fingerprint density at radius 2 is 1.62 bits per heavy atom. The van der Waals surface area contributed by atoms with Gasteiger partial charge in [-0.2, -0.15) is 0 Å². The molecule has 0 spiro atoms. The van der Waals surface area contributed by atoms with E-state index in [0.717, 1.165) is 11.1 Å². The van der Waals surface area contributed by atoms with E-state index in [-0.39, 0.29) is 0 Å². The molecule has 2 aromatic carbocycles. The Bertz CT molecular complexity index is 484. The van der Waals surface area contributed by atoms with E-state index < -0.39 is 7.12 Å². The van der Waals surface area contributed by atoms with Crippen LogP contribution in [0.25, 0.3) is 11.1 Å². The topological polar surface area (TPSA) is 40.5 Å². The molecule has 2 aromatic rings. The van der Waals surface area contributed by atoms with Crippen LogP contribution in [0.1, 0.15) is 0 Å². The van der Waals surface area contributed by atoms with E-state index in [0.29, 0.717) is 10.9 Å². The average Bonchev–Trinajstić information content (AvgIpc) is 2.30. The van der Waals surface area contributed by atoms with Crippen molar-refractivity contribution in [2.45, 2.75) is 0 Å². The van der Waals surface area contributed by atoms with Gasteiger partial charge in [-0.1, -0.05) is 54.0 Å². The number of rotatable bonds is 2. The molecule has 0 bridgehead atoms. The quantitative estimate of drug-likeness (QED) is 0.672. The molecule has 0 saturated carbocycles. The lowest BCUT2D eigenvalue weighted by molar-refractivity contribution is 0.426. The number of hydrogen-bond acceptors (Lipinski definition) is 2. The largest absolute Gasteiger partial charge is 0.488 e. The molecular formula is C12H10B2O2. The smallest absolute Gasteiger partial charge is 0.423 e. The fraction of sp³-hybridized carbons (Fsp3) is 0. The molecule has 0 aliphatic heterocycles. The first-order valence-electron chi connectivity index (χ1n) is 4.99. The predicted octanol–water partition coefficient (Wildman–Crippen LogP) is -0.173. The summed E-state index contributed by atoms with van der Waals surface area (Å²) in [7, 11) is 4.39. The highest BCUT2D eigenvalue weighted by molar-refractivity contribution is 6.59. The van der Waals surface area contributed by atoms with E-state index in [4.69, 9.17) is 17.9 Å². The van der Waals surface area contributed by atoms with Gasteiger partial charge in [0.15, 0.2) is 0 Å². The summed E-state index contributed by atoms with van der Waals surface area (Å²) in [5.74, 6) is 0. The van der Waals surface area contributed by atoms with Crippen LogP contribution in [0.4, 0.5) is 0 Å². The summed E-state index contributed by atoms with van der Waals surface area (Å²) in [6.45, 7) is 0. The van der Waals surface area contributed by atoms with Crippen LogP contribution in [0.5, 0.6) is 0 Å². The van der Waals surface area contributed by atoms with Crippen molar-refractivity contribution in [3.8, 4) is 11.1 Å². The Kier molecular flexibility index (Phi) is 3.13. The van der Waals surface area contributed by atoms with E-state index in [1.54, 1.807) is 18.2 Å². The first-order chi connectivity index (χ1) is 7.68. The minimum absolute atomic E-state index is 0.400. The predicted molar refractivity (Wildman–Crippen MR) is 67.1 cm³/mol. The summed E-state index contributed by atoms with van der Waals surface area (Å²) < 4.78 is 0. The maximum Gasteiger partial charge on any atom is 0.488 e. The molecule has 2 radical (unpaired) electrons. The van der Waals surface area contributed by atoms with Crippen LogP contribution in [0.15, 0.2) is 48.5 Å². The fourth-order valence-electron chi connectivity index (χ4n) is 1.62. The Morgan fingerprint density at radius 3 is 2.19 bits per heavy atom. The maximum absolute atomic E-state index is 9.01. The van der Waals surface area contributed by atoms with Gasteiger partial charge in [0.1, 0.15) is 7.85 Å². The van der Waals surface area contributed by atoms with Crippen molar-refractivity contribution in [1.29, 1.82) is 0 Å². The van der Waals surface area contributed by atoms with Gasteiger partial charge < -0.3 is 10.0 Å². The van der Waals surface area contributed by atoms with E-state index in [1.807, 2.05) is 30.3 Å². The summed E-state index contributed by atoms with van der Waals surface area (Å²) >= 11 is 0. The number of benzene rings is 2. The van der Waals surface area contributed by atoms with E-state index in [1.165, 1.54) is 0 Å². The van der Waals surface area contributed by atoms with E-state index >= 15 is 0 Å². The molecule has 0 amide bonds. The second-order valence-electron chi connectivity index (χ2n) is 3.59. The normalized spacial score (nSPS) is 10.1. The van der Waals surface area contributed by atoms with Crippen molar-refractivity contribution in [3.05, 3.63) is 48.5 Å². The van der Waals surface area contributed by atoms with Gasteiger partial charge in [-0.05, 0) is 16.6 Å². The van der Waals surface area contributed by atoms with Crippen LogP contribution >= 0.6 is 0 Å². The molecule has 0 atom stereocenters. The lowest BCUT2D eigenvalue weighted by Crippen LogP contribution is -2.32. The van der Waals surface area contributed by atoms with Crippen LogP contribution < -0.4 is 10.9 Å². The second-order valence-corrected chi connectivity index (χ2v) is 3.59. The molecule has 0 aliphatic carbocycles. The molecule has 0 aromatic heterocycles. The highest BCUT2D eigenvalue weighted by atomic mass is 16.4. The highest BCUT2D eigenvalue weighted by Crippen LogP contribution is 2.14. The maximum atomic E-state index is 9.01. The molecule has 0 heterocycles. The zero-order chi connectivity index (χ0) is 11.5. The highest BCUT2D eigenvalue weighted by Gasteiger charge is 2.11. The zero-order valence-electron chi connectivity index (χ0n) is 8.67. The second kappa shape index (κ2) is 4.56. The lowest BCUT2D eigenvalue weighted by Gasteiger charge is -2.08. The third-order valence-electron chi connectivity index (χ3n) is 2.46. The van der Waals surface area contributed by atoms with Crippen molar-refractivity contribution in [2.75, 3.05) is 0 Å². The van der Waals surface area contributed by atoms with Crippen molar-refractivity contribution < 1.29 is 10.0 Å². The van der Waals surface area contributed by atoms with Crippen LogP contribution in [0, 0.1) is 0 Å². The molecule has 2 N–H and O–H groups in total. The monoisotopic (exact) mass is 208 g/mol. The summed E-state index contributed by atoms with van der Waals surface area (Å²) in [6.07, 6.45) is 0. The van der Waals surface area contributed by atoms with Gasteiger partial charge in [-0.25, -0.2) is 0 Å². The van der Waals surface area contributed by atoms with Crippen LogP contribution in [-0.4, -0.2) is 25.0 Å². The molecule has 2 nitrogen and oxygen atoms in total. The first-order valence-corrected chi connectivity index (χ1v) is 4.99. The standard InChI is InChI=1S/C12H10B2O2/c13-12-8-10(14(15)16)6-7-11(12)9-4-2-1-3-5-9/h1-8,15-16H. The Labute approximate surface area is 96.1 Å². The zero-order valence-corrected chi connectivity index (χ0v) is 8.67. The van der Waals surface area contributed by atoms with Crippen molar-refractivity contribution in [3.63, 3.8) is 0 Å². The Balaban J connectivity index is 2.45. The van der Waals surface area contributed by atoms with Crippen LogP contribution in [0.2, 0.25) is 0 Å². The van der Waals surface area contributed by atoms with Gasteiger partial charge in [0.25, 0.3) is 0 Å². The van der Waals surface area contributed by atoms with Crippen LogP contribution in [-0.2, 0) is 0 Å². The summed E-state index contributed by atoms with van der Waals surface area (Å²) in [5.41, 5.74) is 2.85. The molecule has 0 fully saturated rings. The van der Waals surface area contributed by atoms with Gasteiger partial charge in [-0.15, -0.1) is 0 Å². The SMILES string of the molecule is [B]c1cc(B(O)O)ccc1-c1ccccc1. The van der Waals surface area contributed by atoms with E-state index in [2.05, 4.69) is 0 Å². The van der Waals surface area contributed by atoms with Crippen LogP contribution in [0.3, 0.4) is 0 Å². The first kappa shape index (κ1) is 11.0. The third kappa shape index (κ3) is 2.18. The van der Waals surface area contributed by atoms with E-state index in [9.17, 15) is 0 Å². The van der Waals surface area contributed by atoms with Gasteiger partial charge in [0.05, 0.1) is 0 Å². The summed E-state index contributed by atoms with van der Waals surface area (Å²) in [6, 6.07) is 14.7. The molecule has 4 heteroatoms. The molecule has 0 aliphatic rings. The van der Waals surface area contributed by atoms with Crippen molar-refractivity contribution in [2.24, 2.45) is 0 Å². The van der Waals surface area contributed by atoms with Gasteiger partial charge >= 0.3 is 7.12 Å². The lowest BCUT2D eigenvalue weighted by atomic mass is 9.75. The molecule has 0 saturated heterocycles. The minimum Gasteiger partial charge on any atom is -0.423 e. The molecule has 16 heavy (non-hydrogen) atoms. The fourth-order valence-corrected chi connectivity index (χ4v) is 1.62. The van der Waals surface area contributed by atoms with Gasteiger partial charge in [0, 0.05) is 0 Å². The minimum atomic E-state index is -1.48. The number of hydrogen-bond donors (Lipinski definition) is 2. The Morgan fingerprint density at radius 1 is 0.938 bits per heavy atom. The summed E-state index contributed by atoms with van der Waals surface area (Å²) in [5, 5.41) is 18.0. The van der Waals surface area contributed by atoms with Crippen molar-refractivity contribution >= 4 is 25.9 Å². The third-order valence-corrected chi connectivity index (χ3v) is 2.46. The average molecular weight is 208 g/mol. The molecule has 76 valence electrons. The molecular weight excluding hydrogens is 198 g/mol. The summed E-state index contributed by atoms with van der Waals surface area (Å²) in [4.78, 5) is 0. The van der Waals surface area contributed by atoms with Gasteiger partial charge in [0.2, 0.25) is 0 Å².